The van der Waals surface area contributed by atoms with Crippen LogP contribution in [0.15, 0.2) is 18.2 Å². The average Bonchev–Trinajstić information content (AvgIpc) is 2.97. The Labute approximate surface area is 183 Å². The summed E-state index contributed by atoms with van der Waals surface area (Å²) in [6, 6.07) is 4.42. The molecule has 3 amide bonds. The fraction of sp³-hybridized carbons (Fsp3) is 0.583. The molecule has 1 aliphatic heterocycles. The molecule has 168 valence electrons. The average molecular weight is 429 g/mol. The smallest absolute Gasteiger partial charge is 0.338 e. The second-order valence-corrected chi connectivity index (χ2v) is 9.22. The van der Waals surface area contributed by atoms with Crippen molar-refractivity contribution in [3.05, 3.63) is 34.9 Å². The van der Waals surface area contributed by atoms with Gasteiger partial charge in [0, 0.05) is 12.6 Å². The molecule has 1 saturated carbocycles. The third kappa shape index (κ3) is 5.14. The highest BCUT2D eigenvalue weighted by Crippen LogP contribution is 2.29. The SMILES string of the molecule is CC(C)CCN1C(=O)c2ccc(C(=O)OCC(=O)N[C@H]3CCC[C@H](C)[C@H]3C)cc2C1=O. The number of rotatable bonds is 7. The van der Waals surface area contributed by atoms with Crippen molar-refractivity contribution in [1.29, 1.82) is 0 Å². The van der Waals surface area contributed by atoms with Crippen LogP contribution < -0.4 is 5.32 Å². The number of carbonyl (C=O) groups is 4. The summed E-state index contributed by atoms with van der Waals surface area (Å²) in [5, 5.41) is 2.97. The van der Waals surface area contributed by atoms with Crippen molar-refractivity contribution in [2.45, 2.75) is 59.4 Å². The molecule has 3 atom stereocenters. The highest BCUT2D eigenvalue weighted by Gasteiger charge is 2.36. The van der Waals surface area contributed by atoms with E-state index in [0.717, 1.165) is 19.3 Å². The first kappa shape index (κ1) is 23.0. The van der Waals surface area contributed by atoms with Gasteiger partial charge in [-0.2, -0.15) is 0 Å². The fourth-order valence-electron chi connectivity index (χ4n) is 4.26. The van der Waals surface area contributed by atoms with Gasteiger partial charge < -0.3 is 10.1 Å². The predicted octanol–water partition coefficient (Wildman–Crippen LogP) is 3.43. The monoisotopic (exact) mass is 428 g/mol. The van der Waals surface area contributed by atoms with Crippen molar-refractivity contribution in [3.63, 3.8) is 0 Å². The van der Waals surface area contributed by atoms with Crippen molar-refractivity contribution in [2.24, 2.45) is 17.8 Å². The number of hydrogen-bond acceptors (Lipinski definition) is 5. The number of esters is 1. The topological polar surface area (TPSA) is 92.8 Å². The summed E-state index contributed by atoms with van der Waals surface area (Å²) in [4.78, 5) is 51.0. The van der Waals surface area contributed by atoms with Crippen LogP contribution in [-0.2, 0) is 9.53 Å². The lowest BCUT2D eigenvalue weighted by atomic mass is 9.78. The molecule has 1 aromatic rings. The molecule has 7 nitrogen and oxygen atoms in total. The van der Waals surface area contributed by atoms with Gasteiger partial charge in [-0.3, -0.25) is 19.3 Å². The Balaban J connectivity index is 1.58. The van der Waals surface area contributed by atoms with Crippen molar-refractivity contribution in [1.82, 2.24) is 10.2 Å². The fourth-order valence-corrected chi connectivity index (χ4v) is 4.26. The minimum atomic E-state index is -0.691. The number of fused-ring (bicyclic) bond motifs is 1. The lowest BCUT2D eigenvalue weighted by molar-refractivity contribution is -0.125. The second kappa shape index (κ2) is 9.62. The van der Waals surface area contributed by atoms with Crippen LogP contribution in [0.5, 0.6) is 0 Å². The zero-order valence-corrected chi connectivity index (χ0v) is 18.8. The lowest BCUT2D eigenvalue weighted by Gasteiger charge is -2.34. The molecule has 0 unspecified atom stereocenters. The quantitative estimate of drug-likeness (QED) is 0.531. The minimum absolute atomic E-state index is 0.0930. The normalized spacial score (nSPS) is 23.1. The first-order valence-corrected chi connectivity index (χ1v) is 11.2. The largest absolute Gasteiger partial charge is 0.452 e. The van der Waals surface area contributed by atoms with E-state index in [-0.39, 0.29) is 35.6 Å². The summed E-state index contributed by atoms with van der Waals surface area (Å²) < 4.78 is 5.16. The summed E-state index contributed by atoms with van der Waals surface area (Å²) in [6.07, 6.45) is 3.89. The number of hydrogen-bond donors (Lipinski definition) is 1. The van der Waals surface area contributed by atoms with Crippen LogP contribution in [0, 0.1) is 17.8 Å². The molecule has 7 heteroatoms. The highest BCUT2D eigenvalue weighted by molar-refractivity contribution is 6.22. The van der Waals surface area contributed by atoms with E-state index in [1.54, 1.807) is 0 Å². The third-order valence-corrected chi connectivity index (χ3v) is 6.52. The molecule has 31 heavy (non-hydrogen) atoms. The summed E-state index contributed by atoms with van der Waals surface area (Å²) in [6.45, 7) is 8.35. The van der Waals surface area contributed by atoms with E-state index in [4.69, 9.17) is 4.74 Å². The van der Waals surface area contributed by atoms with Gasteiger partial charge in [-0.05, 0) is 48.8 Å². The van der Waals surface area contributed by atoms with Gasteiger partial charge in [0.05, 0.1) is 16.7 Å². The maximum Gasteiger partial charge on any atom is 0.338 e. The van der Waals surface area contributed by atoms with E-state index in [1.165, 1.54) is 23.1 Å². The van der Waals surface area contributed by atoms with E-state index in [9.17, 15) is 19.2 Å². The maximum atomic E-state index is 12.6. The zero-order valence-electron chi connectivity index (χ0n) is 18.8. The van der Waals surface area contributed by atoms with Gasteiger partial charge in [0.1, 0.15) is 0 Å². The Morgan fingerprint density at radius 1 is 1.13 bits per heavy atom. The Kier molecular flexibility index (Phi) is 7.13. The third-order valence-electron chi connectivity index (χ3n) is 6.52. The van der Waals surface area contributed by atoms with Crippen LogP contribution in [0.3, 0.4) is 0 Å². The molecule has 1 fully saturated rings. The summed E-state index contributed by atoms with van der Waals surface area (Å²) in [5.74, 6) is -0.457. The van der Waals surface area contributed by atoms with Crippen LogP contribution in [0.4, 0.5) is 0 Å². The zero-order chi connectivity index (χ0) is 22.7. The van der Waals surface area contributed by atoms with Gasteiger partial charge in [0.15, 0.2) is 6.61 Å². The highest BCUT2D eigenvalue weighted by atomic mass is 16.5. The summed E-state index contributed by atoms with van der Waals surface area (Å²) >= 11 is 0. The van der Waals surface area contributed by atoms with E-state index in [2.05, 4.69) is 19.2 Å². The van der Waals surface area contributed by atoms with Crippen molar-refractivity contribution >= 4 is 23.7 Å². The van der Waals surface area contributed by atoms with Crippen molar-refractivity contribution in [2.75, 3.05) is 13.2 Å². The second-order valence-electron chi connectivity index (χ2n) is 9.22. The van der Waals surface area contributed by atoms with Crippen molar-refractivity contribution < 1.29 is 23.9 Å². The Morgan fingerprint density at radius 3 is 2.55 bits per heavy atom. The molecule has 1 N–H and O–H groups in total. The molecule has 2 aliphatic rings. The van der Waals surface area contributed by atoms with Crippen molar-refractivity contribution in [3.8, 4) is 0 Å². The maximum absolute atomic E-state index is 12.6. The molecule has 0 aromatic heterocycles. The summed E-state index contributed by atoms with van der Waals surface area (Å²) in [5.41, 5.74) is 0.652. The molecule has 3 rings (SSSR count). The van der Waals surface area contributed by atoms with Gasteiger partial charge in [-0.15, -0.1) is 0 Å². The summed E-state index contributed by atoms with van der Waals surface area (Å²) in [7, 11) is 0. The molecule has 0 radical (unpaired) electrons. The van der Waals surface area contributed by atoms with E-state index in [0.29, 0.717) is 36.3 Å². The van der Waals surface area contributed by atoms with Gasteiger partial charge >= 0.3 is 5.97 Å². The Hall–Kier alpha value is -2.70. The number of benzene rings is 1. The van der Waals surface area contributed by atoms with Gasteiger partial charge in [0.25, 0.3) is 17.7 Å². The number of amides is 3. The predicted molar refractivity (Wildman–Crippen MR) is 116 cm³/mol. The number of ether oxygens (including phenoxy) is 1. The lowest BCUT2D eigenvalue weighted by Crippen LogP contribution is -2.45. The number of nitrogens with one attached hydrogen (secondary N) is 1. The van der Waals surface area contributed by atoms with Crippen LogP contribution in [0.25, 0.3) is 0 Å². The molecule has 0 bridgehead atoms. The molecular weight excluding hydrogens is 396 g/mol. The van der Waals surface area contributed by atoms with Gasteiger partial charge in [-0.1, -0.05) is 40.5 Å². The van der Waals surface area contributed by atoms with Gasteiger partial charge in [-0.25, -0.2) is 4.79 Å². The Bertz CT molecular complexity index is 879. The minimum Gasteiger partial charge on any atom is -0.452 e. The molecule has 0 saturated heterocycles. The van der Waals surface area contributed by atoms with Crippen LogP contribution in [0.2, 0.25) is 0 Å². The molecule has 1 aliphatic carbocycles. The van der Waals surface area contributed by atoms with E-state index >= 15 is 0 Å². The van der Waals surface area contributed by atoms with E-state index in [1.807, 2.05) is 13.8 Å². The number of imide groups is 1. The standard InChI is InChI=1S/C24H32N2O5/c1-14(2)10-11-26-22(28)18-9-8-17(12-19(18)23(26)29)24(30)31-13-21(27)25-20-7-5-6-15(3)16(20)4/h8-9,12,14-16,20H,5-7,10-11,13H2,1-4H3,(H,25,27)/t15-,16+,20-/m0/s1. The number of carbonyl (C=O) groups excluding carboxylic acids is 4. The molecule has 0 spiro atoms. The van der Waals surface area contributed by atoms with Crippen LogP contribution in [-0.4, -0.2) is 47.8 Å². The van der Waals surface area contributed by atoms with Crippen LogP contribution in [0.1, 0.15) is 84.5 Å². The first-order chi connectivity index (χ1) is 14.7. The number of nitrogens with zero attached hydrogens (tertiary/aromatic N) is 1. The Morgan fingerprint density at radius 2 is 1.84 bits per heavy atom. The molecular formula is C24H32N2O5. The first-order valence-electron chi connectivity index (χ1n) is 11.2. The van der Waals surface area contributed by atoms with E-state index < -0.39 is 11.9 Å². The van der Waals surface area contributed by atoms with Gasteiger partial charge in [0.2, 0.25) is 0 Å². The van der Waals surface area contributed by atoms with Crippen LogP contribution >= 0.6 is 0 Å². The molecule has 1 heterocycles. The molecule has 1 aromatic carbocycles.